The lowest BCUT2D eigenvalue weighted by Crippen LogP contribution is -2.28. The number of aromatic nitrogens is 4. The van der Waals surface area contributed by atoms with Gasteiger partial charge in [-0.1, -0.05) is 12.7 Å². The second-order valence-corrected chi connectivity index (χ2v) is 7.50. The molecular formula is C17H18FN5OS. The summed E-state index contributed by atoms with van der Waals surface area (Å²) in [7, 11) is 0. The van der Waals surface area contributed by atoms with Crippen LogP contribution in [0.3, 0.4) is 0 Å². The summed E-state index contributed by atoms with van der Waals surface area (Å²) >= 11 is 1.40. The Morgan fingerprint density at radius 2 is 2.40 bits per heavy atom. The highest BCUT2D eigenvalue weighted by molar-refractivity contribution is 7.22. The number of likely N-dealkylation sites (tertiary alicyclic amines) is 1. The van der Waals surface area contributed by atoms with Gasteiger partial charge in [0.1, 0.15) is 16.2 Å². The zero-order chi connectivity index (χ0) is 17.6. The first-order valence-electron chi connectivity index (χ1n) is 8.05. The lowest BCUT2D eigenvalue weighted by molar-refractivity contribution is 0.216. The van der Waals surface area contributed by atoms with Crippen molar-refractivity contribution in [3.63, 3.8) is 0 Å². The van der Waals surface area contributed by atoms with Crippen molar-refractivity contribution in [2.75, 3.05) is 13.1 Å². The topological polar surface area (TPSA) is 77.7 Å². The van der Waals surface area contributed by atoms with Crippen molar-refractivity contribution < 1.29 is 4.39 Å². The predicted molar refractivity (Wildman–Crippen MR) is 96.5 cm³/mol. The van der Waals surface area contributed by atoms with Crippen LogP contribution in [-0.4, -0.2) is 43.8 Å². The highest BCUT2D eigenvalue weighted by Gasteiger charge is 2.35. The number of hydrogen-bond donors (Lipinski definition) is 2. The molecule has 1 aliphatic rings. The highest BCUT2D eigenvalue weighted by Crippen LogP contribution is 2.32. The third-order valence-corrected chi connectivity index (χ3v) is 5.75. The third kappa shape index (κ3) is 2.91. The second-order valence-electron chi connectivity index (χ2n) is 6.45. The number of H-pyrrole nitrogens is 2. The lowest BCUT2D eigenvalue weighted by atomic mass is 10.1. The molecule has 1 atom stereocenters. The lowest BCUT2D eigenvalue weighted by Gasteiger charge is -2.16. The Morgan fingerprint density at radius 3 is 3.08 bits per heavy atom. The van der Waals surface area contributed by atoms with Gasteiger partial charge in [-0.25, -0.2) is 9.37 Å². The largest absolute Gasteiger partial charge is 0.308 e. The Labute approximate surface area is 147 Å². The molecule has 0 unspecified atom stereocenters. The summed E-state index contributed by atoms with van der Waals surface area (Å²) in [6.45, 7) is 6.82. The van der Waals surface area contributed by atoms with Gasteiger partial charge in [-0.2, -0.15) is 5.10 Å². The fourth-order valence-corrected chi connectivity index (χ4v) is 4.24. The number of nitrogens with zero attached hydrogens (tertiary/aromatic N) is 3. The fourth-order valence-electron chi connectivity index (χ4n) is 3.18. The molecule has 0 amide bonds. The molecule has 0 aromatic carbocycles. The van der Waals surface area contributed by atoms with E-state index in [-0.39, 0.29) is 12.1 Å². The first-order chi connectivity index (χ1) is 12.0. The number of aryl methyl sites for hydroxylation is 1. The number of fused-ring (bicyclic) bond motifs is 1. The van der Waals surface area contributed by atoms with Crippen LogP contribution in [0.25, 0.3) is 20.7 Å². The van der Waals surface area contributed by atoms with Crippen LogP contribution in [0.2, 0.25) is 0 Å². The molecule has 4 heterocycles. The van der Waals surface area contributed by atoms with E-state index in [1.807, 2.05) is 17.9 Å². The van der Waals surface area contributed by atoms with E-state index < -0.39 is 5.67 Å². The van der Waals surface area contributed by atoms with Crippen molar-refractivity contribution in [2.45, 2.75) is 25.6 Å². The smallest absolute Gasteiger partial charge is 0.268 e. The number of aromatic amines is 2. The van der Waals surface area contributed by atoms with Crippen molar-refractivity contribution >= 4 is 21.6 Å². The van der Waals surface area contributed by atoms with Crippen molar-refractivity contribution in [3.8, 4) is 10.4 Å². The molecule has 6 nitrogen and oxygen atoms in total. The minimum absolute atomic E-state index is 0.160. The van der Waals surface area contributed by atoms with E-state index in [0.29, 0.717) is 35.6 Å². The summed E-state index contributed by atoms with van der Waals surface area (Å²) in [5, 5.41) is 6.92. The first kappa shape index (κ1) is 16.2. The predicted octanol–water partition coefficient (Wildman–Crippen LogP) is 2.78. The number of hydrogen-bond acceptors (Lipinski definition) is 5. The molecule has 4 rings (SSSR count). The summed E-state index contributed by atoms with van der Waals surface area (Å²) in [5.41, 5.74) is 1.07. The van der Waals surface area contributed by atoms with Gasteiger partial charge in [0, 0.05) is 29.2 Å². The van der Waals surface area contributed by atoms with Crippen LogP contribution in [0.1, 0.15) is 17.9 Å². The van der Waals surface area contributed by atoms with Gasteiger partial charge in [0.2, 0.25) is 0 Å². The van der Waals surface area contributed by atoms with E-state index in [1.165, 1.54) is 17.4 Å². The summed E-state index contributed by atoms with van der Waals surface area (Å²) in [6, 6.07) is 1.91. The average Bonchev–Trinajstić information content (AvgIpc) is 3.27. The maximum Gasteiger partial charge on any atom is 0.268 e. The van der Waals surface area contributed by atoms with Gasteiger partial charge in [-0.15, -0.1) is 11.3 Å². The molecule has 0 saturated carbocycles. The minimum Gasteiger partial charge on any atom is -0.308 e. The van der Waals surface area contributed by atoms with Crippen LogP contribution in [0.5, 0.6) is 0 Å². The van der Waals surface area contributed by atoms with Gasteiger partial charge in [0.15, 0.2) is 0 Å². The molecule has 3 aromatic heterocycles. The quantitative estimate of drug-likeness (QED) is 0.702. The van der Waals surface area contributed by atoms with Gasteiger partial charge in [0.25, 0.3) is 5.56 Å². The Bertz CT molecular complexity index is 1010. The van der Waals surface area contributed by atoms with Crippen LogP contribution in [0.15, 0.2) is 29.7 Å². The summed E-state index contributed by atoms with van der Waals surface area (Å²) in [6.07, 6.45) is 3.53. The maximum atomic E-state index is 14.3. The molecule has 1 saturated heterocycles. The molecule has 2 N–H and O–H groups in total. The summed E-state index contributed by atoms with van der Waals surface area (Å²) in [5.74, 6) is 0.555. The van der Waals surface area contributed by atoms with Crippen LogP contribution in [0, 0.1) is 6.92 Å². The van der Waals surface area contributed by atoms with Crippen LogP contribution >= 0.6 is 11.3 Å². The highest BCUT2D eigenvalue weighted by atomic mass is 32.1. The molecule has 0 spiro atoms. The molecule has 3 aromatic rings. The zero-order valence-corrected chi connectivity index (χ0v) is 14.6. The number of alkyl halides is 1. The minimum atomic E-state index is -1.35. The van der Waals surface area contributed by atoms with Crippen LogP contribution in [-0.2, 0) is 6.54 Å². The van der Waals surface area contributed by atoms with Crippen molar-refractivity contribution in [2.24, 2.45) is 0 Å². The molecule has 130 valence electrons. The molecule has 0 bridgehead atoms. The monoisotopic (exact) mass is 359 g/mol. The van der Waals surface area contributed by atoms with Gasteiger partial charge < -0.3 is 4.98 Å². The van der Waals surface area contributed by atoms with E-state index in [9.17, 15) is 9.18 Å². The van der Waals surface area contributed by atoms with Gasteiger partial charge in [-0.3, -0.25) is 14.8 Å². The van der Waals surface area contributed by atoms with Crippen LogP contribution in [0.4, 0.5) is 4.39 Å². The Hall–Kier alpha value is -2.32. The van der Waals surface area contributed by atoms with Crippen molar-refractivity contribution in [3.05, 3.63) is 46.8 Å². The maximum absolute atomic E-state index is 14.3. The average molecular weight is 359 g/mol. The van der Waals surface area contributed by atoms with Gasteiger partial charge in [-0.05, 0) is 19.4 Å². The first-order valence-corrected chi connectivity index (χ1v) is 8.87. The van der Waals surface area contributed by atoms with E-state index >= 15 is 0 Å². The van der Waals surface area contributed by atoms with E-state index in [4.69, 9.17) is 0 Å². The standard InChI is InChI=1S/C17H18FN5OS/c1-3-17(18)4-5-23(9-17)8-14-20-12-6-13(11-7-19-22-10(11)2)25-15(12)16(24)21-14/h3,6-7H,1,4-5,8-9H2,2H3,(H,19,22)(H,20,21,24)/t17-/m1/s1. The Kier molecular flexibility index (Phi) is 3.81. The molecule has 1 aliphatic heterocycles. The number of halogens is 1. The van der Waals surface area contributed by atoms with Gasteiger partial charge >= 0.3 is 0 Å². The van der Waals surface area contributed by atoms with E-state index in [1.54, 1.807) is 6.20 Å². The molecule has 1 fully saturated rings. The normalized spacial score (nSPS) is 21.2. The molecule has 8 heteroatoms. The van der Waals surface area contributed by atoms with E-state index in [2.05, 4.69) is 26.7 Å². The van der Waals surface area contributed by atoms with E-state index in [0.717, 1.165) is 16.1 Å². The van der Waals surface area contributed by atoms with Crippen molar-refractivity contribution in [1.82, 2.24) is 25.1 Å². The summed E-state index contributed by atoms with van der Waals surface area (Å²) < 4.78 is 14.9. The van der Waals surface area contributed by atoms with Crippen LogP contribution < -0.4 is 5.56 Å². The summed E-state index contributed by atoms with van der Waals surface area (Å²) in [4.78, 5) is 22.7. The molecule has 0 aliphatic carbocycles. The Balaban J connectivity index is 1.65. The van der Waals surface area contributed by atoms with Crippen molar-refractivity contribution in [1.29, 1.82) is 0 Å². The Morgan fingerprint density at radius 1 is 1.56 bits per heavy atom. The number of rotatable bonds is 4. The SMILES string of the molecule is C=C[C@@]1(F)CCN(Cc2nc3cc(-c4cn[nH]c4C)sc3c(=O)[nH]2)C1. The second kappa shape index (κ2) is 5.89. The molecule has 0 radical (unpaired) electrons. The third-order valence-electron chi connectivity index (χ3n) is 4.60. The van der Waals surface area contributed by atoms with Gasteiger partial charge in [0.05, 0.1) is 18.3 Å². The molecular weight excluding hydrogens is 341 g/mol. The fraction of sp³-hybridized carbons (Fsp3) is 0.353. The molecule has 25 heavy (non-hydrogen) atoms. The number of nitrogens with one attached hydrogen (secondary N) is 2. The zero-order valence-electron chi connectivity index (χ0n) is 13.8. The number of thiophene rings is 1.